The minimum Gasteiger partial charge on any atom is -0.366 e. The second-order valence-corrected chi connectivity index (χ2v) is 5.67. The maximum absolute atomic E-state index is 12.4. The average Bonchev–Trinajstić information content (AvgIpc) is 2.62. The van der Waals surface area contributed by atoms with Crippen LogP contribution in [0.3, 0.4) is 0 Å². The van der Waals surface area contributed by atoms with Crippen LogP contribution >= 0.6 is 0 Å². The fourth-order valence-electron chi connectivity index (χ4n) is 2.56. The normalized spacial score (nSPS) is 10.6. The van der Waals surface area contributed by atoms with Crippen LogP contribution in [0.2, 0.25) is 0 Å². The van der Waals surface area contributed by atoms with Gasteiger partial charge in [-0.2, -0.15) is 0 Å². The summed E-state index contributed by atoms with van der Waals surface area (Å²) in [7, 11) is 0. The van der Waals surface area contributed by atoms with Crippen molar-refractivity contribution in [1.29, 1.82) is 0 Å². The summed E-state index contributed by atoms with van der Waals surface area (Å²) in [6, 6.07) is 12.8. The Morgan fingerprint density at radius 2 is 1.73 bits per heavy atom. The Kier molecular flexibility index (Phi) is 4.66. The van der Waals surface area contributed by atoms with Crippen molar-refractivity contribution in [2.45, 2.75) is 13.0 Å². The molecule has 0 fully saturated rings. The van der Waals surface area contributed by atoms with Gasteiger partial charge in [-0.15, -0.1) is 0 Å². The van der Waals surface area contributed by atoms with Crippen molar-refractivity contribution in [3.8, 4) is 0 Å². The number of aromatic nitrogens is 2. The van der Waals surface area contributed by atoms with Crippen molar-refractivity contribution in [2.75, 3.05) is 5.32 Å². The van der Waals surface area contributed by atoms with Crippen molar-refractivity contribution in [1.82, 2.24) is 9.55 Å². The van der Waals surface area contributed by atoms with Crippen LogP contribution in [0.4, 0.5) is 5.69 Å². The van der Waals surface area contributed by atoms with Crippen LogP contribution in [0, 0.1) is 0 Å². The first-order valence-electron chi connectivity index (χ1n) is 7.87. The van der Waals surface area contributed by atoms with Crippen LogP contribution in [0.15, 0.2) is 58.1 Å². The number of nitrogens with zero attached hydrogens (tertiary/aromatic N) is 1. The third-order valence-corrected chi connectivity index (χ3v) is 3.91. The first-order valence-corrected chi connectivity index (χ1v) is 7.87. The van der Waals surface area contributed by atoms with Gasteiger partial charge >= 0.3 is 5.69 Å². The van der Waals surface area contributed by atoms with Gasteiger partial charge in [0.2, 0.25) is 11.8 Å². The van der Waals surface area contributed by atoms with Crippen LogP contribution in [0.25, 0.3) is 10.9 Å². The number of anilines is 1. The summed E-state index contributed by atoms with van der Waals surface area (Å²) in [6.07, 6.45) is -0.0566. The van der Waals surface area contributed by atoms with Crippen molar-refractivity contribution < 1.29 is 9.59 Å². The molecule has 0 spiro atoms. The summed E-state index contributed by atoms with van der Waals surface area (Å²) in [5, 5.41) is 3.02. The van der Waals surface area contributed by atoms with Crippen molar-refractivity contribution in [2.24, 2.45) is 5.73 Å². The number of benzene rings is 2. The molecule has 0 saturated carbocycles. The van der Waals surface area contributed by atoms with E-state index in [1.54, 1.807) is 36.4 Å². The van der Waals surface area contributed by atoms with Gasteiger partial charge in [-0.1, -0.05) is 12.1 Å². The minimum atomic E-state index is -0.563. The number of nitrogens with two attached hydrogens (primary N) is 1. The number of rotatable bonds is 5. The van der Waals surface area contributed by atoms with Crippen LogP contribution in [0.1, 0.15) is 16.8 Å². The van der Waals surface area contributed by atoms with Gasteiger partial charge in [-0.3, -0.25) is 19.0 Å². The number of aromatic amines is 1. The Hall–Kier alpha value is -3.68. The minimum absolute atomic E-state index is 0.0514. The Labute approximate surface area is 147 Å². The molecule has 0 aliphatic rings. The van der Waals surface area contributed by atoms with E-state index < -0.39 is 17.2 Å². The molecule has 0 atom stereocenters. The molecule has 0 aliphatic heterocycles. The molecule has 0 bridgehead atoms. The molecule has 0 saturated heterocycles. The zero-order valence-electron chi connectivity index (χ0n) is 13.7. The molecule has 8 heteroatoms. The summed E-state index contributed by atoms with van der Waals surface area (Å²) in [4.78, 5) is 50.1. The van der Waals surface area contributed by atoms with Crippen LogP contribution in [-0.4, -0.2) is 21.4 Å². The lowest BCUT2D eigenvalue weighted by Crippen LogP contribution is -2.36. The third kappa shape index (κ3) is 3.54. The van der Waals surface area contributed by atoms with Crippen molar-refractivity contribution >= 4 is 28.4 Å². The highest BCUT2D eigenvalue weighted by Crippen LogP contribution is 2.09. The Morgan fingerprint density at radius 3 is 2.42 bits per heavy atom. The van der Waals surface area contributed by atoms with Crippen LogP contribution < -0.4 is 22.3 Å². The number of H-pyrrole nitrogens is 1. The standard InChI is InChI=1S/C18H16N4O4/c19-16(24)11-5-7-12(8-6-11)20-15(23)9-10-22-17(25)13-3-1-2-4-14(13)21-18(22)26/h1-8H,9-10H2,(H2,19,24)(H,20,23)(H,21,26). The highest BCUT2D eigenvalue weighted by Gasteiger charge is 2.10. The van der Waals surface area contributed by atoms with Gasteiger partial charge < -0.3 is 16.0 Å². The topological polar surface area (TPSA) is 127 Å². The number of fused-ring (bicyclic) bond motifs is 1. The smallest absolute Gasteiger partial charge is 0.328 e. The highest BCUT2D eigenvalue weighted by molar-refractivity contribution is 5.94. The van der Waals surface area contributed by atoms with Gasteiger partial charge in [0.25, 0.3) is 5.56 Å². The molecule has 26 heavy (non-hydrogen) atoms. The molecular formula is C18H16N4O4. The van der Waals surface area contributed by atoms with Crippen LogP contribution in [-0.2, 0) is 11.3 Å². The van der Waals surface area contributed by atoms with E-state index in [1.807, 2.05) is 0 Å². The lowest BCUT2D eigenvalue weighted by atomic mass is 10.2. The number of hydrogen-bond donors (Lipinski definition) is 3. The molecule has 1 aromatic heterocycles. The van der Waals surface area contributed by atoms with E-state index in [2.05, 4.69) is 10.3 Å². The molecule has 0 aliphatic carbocycles. The summed E-state index contributed by atoms with van der Waals surface area (Å²) < 4.78 is 0.998. The fraction of sp³-hybridized carbons (Fsp3) is 0.111. The maximum Gasteiger partial charge on any atom is 0.328 e. The molecular weight excluding hydrogens is 336 g/mol. The predicted molar refractivity (Wildman–Crippen MR) is 97.0 cm³/mol. The van der Waals surface area contributed by atoms with Gasteiger partial charge in [0.15, 0.2) is 0 Å². The second kappa shape index (κ2) is 7.06. The molecule has 132 valence electrons. The highest BCUT2D eigenvalue weighted by atomic mass is 16.2. The van der Waals surface area contributed by atoms with E-state index in [1.165, 1.54) is 12.1 Å². The molecule has 4 N–H and O–H groups in total. The number of carbonyl (C=O) groups is 2. The molecule has 2 amide bonds. The van der Waals surface area contributed by atoms with Gasteiger partial charge in [0.1, 0.15) is 0 Å². The Morgan fingerprint density at radius 1 is 1.04 bits per heavy atom. The lowest BCUT2D eigenvalue weighted by Gasteiger charge is -2.08. The number of primary amides is 1. The van der Waals surface area contributed by atoms with E-state index in [-0.39, 0.29) is 18.9 Å². The fourth-order valence-corrected chi connectivity index (χ4v) is 2.56. The largest absolute Gasteiger partial charge is 0.366 e. The van der Waals surface area contributed by atoms with Crippen LogP contribution in [0.5, 0.6) is 0 Å². The van der Waals surface area contributed by atoms with Gasteiger partial charge in [-0.05, 0) is 36.4 Å². The molecule has 0 radical (unpaired) electrons. The number of amides is 2. The number of para-hydroxylation sites is 1. The van der Waals surface area contributed by atoms with E-state index in [0.29, 0.717) is 22.2 Å². The summed E-state index contributed by atoms with van der Waals surface area (Å²) >= 11 is 0. The molecule has 3 aromatic rings. The predicted octanol–water partition coefficient (Wildman–Crippen LogP) is 0.817. The summed E-state index contributed by atoms with van der Waals surface area (Å²) in [6.45, 7) is -0.0514. The first-order chi connectivity index (χ1) is 12.5. The number of hydrogen-bond acceptors (Lipinski definition) is 4. The summed E-state index contributed by atoms with van der Waals surface area (Å²) in [5.41, 5.74) is 5.42. The average molecular weight is 352 g/mol. The first kappa shape index (κ1) is 17.2. The molecule has 8 nitrogen and oxygen atoms in total. The number of nitrogens with one attached hydrogen (secondary N) is 2. The Bertz CT molecular complexity index is 1100. The van der Waals surface area contributed by atoms with E-state index >= 15 is 0 Å². The van der Waals surface area contributed by atoms with Gasteiger partial charge in [0, 0.05) is 24.2 Å². The van der Waals surface area contributed by atoms with E-state index in [4.69, 9.17) is 5.73 Å². The third-order valence-electron chi connectivity index (χ3n) is 3.91. The van der Waals surface area contributed by atoms with Gasteiger partial charge in [-0.25, -0.2) is 4.79 Å². The zero-order chi connectivity index (χ0) is 18.7. The molecule has 2 aromatic carbocycles. The van der Waals surface area contributed by atoms with Crippen molar-refractivity contribution in [3.63, 3.8) is 0 Å². The number of carbonyl (C=O) groups excluding carboxylic acids is 2. The monoisotopic (exact) mass is 352 g/mol. The molecule has 0 unspecified atom stereocenters. The van der Waals surface area contributed by atoms with E-state index in [0.717, 1.165) is 4.57 Å². The molecule has 1 heterocycles. The quantitative estimate of drug-likeness (QED) is 0.628. The zero-order valence-corrected chi connectivity index (χ0v) is 13.7. The summed E-state index contributed by atoms with van der Waals surface area (Å²) in [5.74, 6) is -0.922. The van der Waals surface area contributed by atoms with Gasteiger partial charge in [0.05, 0.1) is 10.9 Å². The Balaban J connectivity index is 1.72. The molecule has 3 rings (SSSR count). The van der Waals surface area contributed by atoms with Crippen molar-refractivity contribution in [3.05, 3.63) is 74.9 Å². The lowest BCUT2D eigenvalue weighted by molar-refractivity contribution is -0.116. The van der Waals surface area contributed by atoms with E-state index in [9.17, 15) is 19.2 Å². The maximum atomic E-state index is 12.4. The second-order valence-electron chi connectivity index (χ2n) is 5.67. The SMILES string of the molecule is NC(=O)c1ccc(NC(=O)CCn2c(=O)[nH]c3ccccc3c2=O)cc1.